The van der Waals surface area contributed by atoms with E-state index in [0.29, 0.717) is 29.7 Å². The number of nitrogens with zero attached hydrogens (tertiary/aromatic N) is 2. The number of aliphatic carboxylic acids is 1. The third kappa shape index (κ3) is 2.85. The fourth-order valence-corrected chi connectivity index (χ4v) is 3.04. The SMILES string of the molecule is CCCC1(C(=O)O)CCN(C(=O)c2cccc(Br)n2)C1. The fourth-order valence-electron chi connectivity index (χ4n) is 2.70. The van der Waals surface area contributed by atoms with Crippen LogP contribution in [0.5, 0.6) is 0 Å². The zero-order valence-corrected chi connectivity index (χ0v) is 12.9. The summed E-state index contributed by atoms with van der Waals surface area (Å²) in [6.45, 7) is 2.70. The van der Waals surface area contributed by atoms with E-state index < -0.39 is 11.4 Å². The van der Waals surface area contributed by atoms with Crippen LogP contribution in [0.15, 0.2) is 22.8 Å². The van der Waals surface area contributed by atoms with Gasteiger partial charge in [0.25, 0.3) is 5.91 Å². The standard InChI is InChI=1S/C14H17BrN2O3/c1-2-6-14(13(19)20)7-8-17(9-14)12(18)10-4-3-5-11(15)16-10/h3-5H,2,6-9H2,1H3,(H,19,20). The summed E-state index contributed by atoms with van der Waals surface area (Å²) in [5.74, 6) is -1.01. The lowest BCUT2D eigenvalue weighted by Gasteiger charge is -2.24. The lowest BCUT2D eigenvalue weighted by atomic mass is 9.83. The molecule has 6 heteroatoms. The van der Waals surface area contributed by atoms with Crippen LogP contribution in [0.3, 0.4) is 0 Å². The van der Waals surface area contributed by atoms with Crippen LogP contribution in [0.4, 0.5) is 0 Å². The van der Waals surface area contributed by atoms with E-state index in [4.69, 9.17) is 0 Å². The molecule has 1 N–H and O–H groups in total. The highest BCUT2D eigenvalue weighted by Gasteiger charge is 2.45. The van der Waals surface area contributed by atoms with Crippen molar-refractivity contribution in [3.05, 3.63) is 28.5 Å². The second-order valence-corrected chi connectivity index (χ2v) is 5.97. The molecule has 1 aliphatic heterocycles. The van der Waals surface area contributed by atoms with Gasteiger partial charge in [-0.05, 0) is 40.9 Å². The van der Waals surface area contributed by atoms with Crippen molar-refractivity contribution in [2.45, 2.75) is 26.2 Å². The van der Waals surface area contributed by atoms with Crippen LogP contribution < -0.4 is 0 Å². The number of pyridine rings is 1. The summed E-state index contributed by atoms with van der Waals surface area (Å²) in [5, 5.41) is 9.45. The number of carboxylic acid groups (broad SMARTS) is 1. The molecule has 1 unspecified atom stereocenters. The number of aromatic nitrogens is 1. The van der Waals surface area contributed by atoms with E-state index in [1.807, 2.05) is 6.92 Å². The average molecular weight is 341 g/mol. The molecule has 0 saturated carbocycles. The molecule has 1 aromatic heterocycles. The van der Waals surface area contributed by atoms with Gasteiger partial charge >= 0.3 is 5.97 Å². The summed E-state index contributed by atoms with van der Waals surface area (Å²) in [5.41, 5.74) is -0.451. The maximum Gasteiger partial charge on any atom is 0.311 e. The maximum absolute atomic E-state index is 12.4. The molecule has 1 aliphatic rings. The first-order valence-electron chi connectivity index (χ1n) is 6.64. The number of carbonyl (C=O) groups excluding carboxylic acids is 1. The number of halogens is 1. The zero-order valence-electron chi connectivity index (χ0n) is 11.3. The van der Waals surface area contributed by atoms with Gasteiger partial charge in [-0.2, -0.15) is 0 Å². The second kappa shape index (κ2) is 5.91. The summed E-state index contributed by atoms with van der Waals surface area (Å²) in [6.07, 6.45) is 1.90. The molecule has 1 amide bonds. The van der Waals surface area contributed by atoms with E-state index >= 15 is 0 Å². The Balaban J connectivity index is 2.16. The molecule has 20 heavy (non-hydrogen) atoms. The summed E-state index contributed by atoms with van der Waals surface area (Å²) >= 11 is 3.23. The maximum atomic E-state index is 12.4. The Bertz CT molecular complexity index is 535. The molecule has 0 bridgehead atoms. The molecule has 0 aliphatic carbocycles. The number of likely N-dealkylation sites (tertiary alicyclic amines) is 1. The molecule has 1 saturated heterocycles. The largest absolute Gasteiger partial charge is 0.481 e. The van der Waals surface area contributed by atoms with Gasteiger partial charge in [0, 0.05) is 13.1 Å². The minimum atomic E-state index is -0.808. The lowest BCUT2D eigenvalue weighted by molar-refractivity contribution is -0.148. The van der Waals surface area contributed by atoms with Gasteiger partial charge in [-0.1, -0.05) is 19.4 Å². The molecule has 2 heterocycles. The first-order valence-corrected chi connectivity index (χ1v) is 7.43. The number of rotatable bonds is 4. The number of carbonyl (C=O) groups is 2. The van der Waals surface area contributed by atoms with E-state index in [-0.39, 0.29) is 12.5 Å². The highest BCUT2D eigenvalue weighted by Crippen LogP contribution is 2.36. The van der Waals surface area contributed by atoms with Crippen LogP contribution in [-0.2, 0) is 4.79 Å². The number of hydrogen-bond acceptors (Lipinski definition) is 3. The topological polar surface area (TPSA) is 70.5 Å². The van der Waals surface area contributed by atoms with E-state index in [1.54, 1.807) is 23.1 Å². The summed E-state index contributed by atoms with van der Waals surface area (Å²) < 4.78 is 0.598. The van der Waals surface area contributed by atoms with Crippen molar-refractivity contribution in [1.29, 1.82) is 0 Å². The van der Waals surface area contributed by atoms with Crippen molar-refractivity contribution >= 4 is 27.8 Å². The fraction of sp³-hybridized carbons (Fsp3) is 0.500. The van der Waals surface area contributed by atoms with Crippen molar-refractivity contribution in [3.8, 4) is 0 Å². The van der Waals surface area contributed by atoms with Crippen molar-refractivity contribution in [3.63, 3.8) is 0 Å². The van der Waals surface area contributed by atoms with Crippen molar-refractivity contribution in [1.82, 2.24) is 9.88 Å². The minimum absolute atomic E-state index is 0.203. The Hall–Kier alpha value is -1.43. The predicted octanol–water partition coefficient (Wildman–Crippen LogP) is 2.56. The molecule has 108 valence electrons. The van der Waals surface area contributed by atoms with Gasteiger partial charge in [0.2, 0.25) is 0 Å². The summed E-state index contributed by atoms with van der Waals surface area (Å²) in [4.78, 5) is 29.6. The third-order valence-electron chi connectivity index (χ3n) is 3.76. The Labute approximate surface area is 126 Å². The van der Waals surface area contributed by atoms with Crippen LogP contribution in [0.25, 0.3) is 0 Å². The molecule has 1 atom stereocenters. The van der Waals surface area contributed by atoms with Crippen LogP contribution in [0.2, 0.25) is 0 Å². The minimum Gasteiger partial charge on any atom is -0.481 e. The Kier molecular flexibility index (Phi) is 4.42. The van der Waals surface area contributed by atoms with Gasteiger partial charge in [-0.3, -0.25) is 9.59 Å². The van der Waals surface area contributed by atoms with E-state index in [2.05, 4.69) is 20.9 Å². The molecule has 0 aromatic carbocycles. The van der Waals surface area contributed by atoms with Gasteiger partial charge in [0.05, 0.1) is 5.41 Å². The normalized spacial score (nSPS) is 22.0. The Morgan fingerprint density at radius 1 is 1.50 bits per heavy atom. The van der Waals surface area contributed by atoms with E-state index in [0.717, 1.165) is 6.42 Å². The van der Waals surface area contributed by atoms with Gasteiger partial charge in [-0.25, -0.2) is 4.98 Å². The van der Waals surface area contributed by atoms with E-state index in [1.165, 1.54) is 0 Å². The van der Waals surface area contributed by atoms with Crippen LogP contribution in [0.1, 0.15) is 36.7 Å². The second-order valence-electron chi connectivity index (χ2n) is 5.16. The van der Waals surface area contributed by atoms with Crippen LogP contribution in [0, 0.1) is 5.41 Å². The highest BCUT2D eigenvalue weighted by molar-refractivity contribution is 9.10. The number of hydrogen-bond donors (Lipinski definition) is 1. The van der Waals surface area contributed by atoms with Crippen molar-refractivity contribution < 1.29 is 14.7 Å². The van der Waals surface area contributed by atoms with Gasteiger partial charge in [-0.15, -0.1) is 0 Å². The Morgan fingerprint density at radius 3 is 2.85 bits per heavy atom. The lowest BCUT2D eigenvalue weighted by Crippen LogP contribution is -2.37. The van der Waals surface area contributed by atoms with Gasteiger partial charge in [0.1, 0.15) is 10.3 Å². The predicted molar refractivity (Wildman–Crippen MR) is 77.4 cm³/mol. The zero-order chi connectivity index (χ0) is 14.8. The average Bonchev–Trinajstić information content (AvgIpc) is 2.84. The van der Waals surface area contributed by atoms with Gasteiger partial charge in [0.15, 0.2) is 0 Å². The molecule has 1 aromatic rings. The molecule has 5 nitrogen and oxygen atoms in total. The molecule has 0 spiro atoms. The molecular formula is C14H17BrN2O3. The molecule has 0 radical (unpaired) electrons. The van der Waals surface area contributed by atoms with Crippen LogP contribution >= 0.6 is 15.9 Å². The molecule has 2 rings (SSSR count). The first kappa shape index (κ1) is 15.0. The highest BCUT2D eigenvalue weighted by atomic mass is 79.9. The summed E-state index contributed by atoms with van der Waals surface area (Å²) in [6, 6.07) is 5.14. The molecular weight excluding hydrogens is 324 g/mol. The van der Waals surface area contributed by atoms with E-state index in [9.17, 15) is 14.7 Å². The Morgan fingerprint density at radius 2 is 2.25 bits per heavy atom. The first-order chi connectivity index (χ1) is 9.48. The van der Waals surface area contributed by atoms with Crippen molar-refractivity contribution in [2.24, 2.45) is 5.41 Å². The summed E-state index contributed by atoms with van der Waals surface area (Å²) in [7, 11) is 0. The quantitative estimate of drug-likeness (QED) is 0.855. The van der Waals surface area contributed by atoms with Crippen LogP contribution in [-0.4, -0.2) is 40.0 Å². The monoisotopic (exact) mass is 340 g/mol. The van der Waals surface area contributed by atoms with Gasteiger partial charge < -0.3 is 10.0 Å². The smallest absolute Gasteiger partial charge is 0.311 e. The number of amides is 1. The molecule has 1 fully saturated rings. The third-order valence-corrected chi connectivity index (χ3v) is 4.20. The van der Waals surface area contributed by atoms with Crippen molar-refractivity contribution in [2.75, 3.05) is 13.1 Å². The number of carboxylic acids is 1.